The Morgan fingerprint density at radius 2 is 1.89 bits per heavy atom. The average molecular weight is 268 g/mol. The van der Waals surface area contributed by atoms with Crippen molar-refractivity contribution < 1.29 is 9.59 Å². The van der Waals surface area contributed by atoms with E-state index in [1.165, 1.54) is 0 Å². The van der Waals surface area contributed by atoms with Crippen molar-refractivity contribution in [2.75, 3.05) is 6.54 Å². The van der Waals surface area contributed by atoms with Gasteiger partial charge in [-0.1, -0.05) is 41.0 Å². The summed E-state index contributed by atoms with van der Waals surface area (Å²) in [5, 5.41) is 2.86. The Labute approximate surface area is 116 Å². The summed E-state index contributed by atoms with van der Waals surface area (Å²) in [7, 11) is 0. The van der Waals surface area contributed by atoms with E-state index < -0.39 is 6.04 Å². The topological polar surface area (TPSA) is 49.4 Å². The van der Waals surface area contributed by atoms with Gasteiger partial charge in [-0.3, -0.25) is 9.59 Å². The lowest BCUT2D eigenvalue weighted by atomic mass is 9.83. The summed E-state index contributed by atoms with van der Waals surface area (Å²) >= 11 is 0. The number of nitrogens with one attached hydrogen (secondary N) is 1. The van der Waals surface area contributed by atoms with Gasteiger partial charge in [-0.25, -0.2) is 0 Å². The fourth-order valence-electron chi connectivity index (χ4n) is 2.58. The maximum absolute atomic E-state index is 12.6. The summed E-state index contributed by atoms with van der Waals surface area (Å²) in [6.45, 7) is 12.7. The van der Waals surface area contributed by atoms with E-state index in [1.54, 1.807) is 4.90 Å². The molecule has 0 saturated carbocycles. The molecule has 3 atom stereocenters. The van der Waals surface area contributed by atoms with Gasteiger partial charge in [0.2, 0.25) is 11.8 Å². The van der Waals surface area contributed by atoms with Gasteiger partial charge in [0, 0.05) is 6.54 Å². The maximum Gasteiger partial charge on any atom is 0.246 e. The van der Waals surface area contributed by atoms with Crippen LogP contribution in [0.25, 0.3) is 0 Å². The predicted octanol–water partition coefficient (Wildman–Crippen LogP) is 2.18. The molecular weight excluding hydrogens is 240 g/mol. The molecule has 1 saturated heterocycles. The third-order valence-electron chi connectivity index (χ3n) is 3.82. The third-order valence-corrected chi connectivity index (χ3v) is 3.82. The van der Waals surface area contributed by atoms with E-state index in [-0.39, 0.29) is 23.3 Å². The number of hydrogen-bond donors (Lipinski definition) is 1. The monoisotopic (exact) mass is 268 g/mol. The normalized spacial score (nSPS) is 26.3. The van der Waals surface area contributed by atoms with Gasteiger partial charge in [-0.05, 0) is 24.7 Å². The summed E-state index contributed by atoms with van der Waals surface area (Å²) in [4.78, 5) is 26.4. The molecule has 3 unspecified atom stereocenters. The van der Waals surface area contributed by atoms with Crippen LogP contribution in [0.15, 0.2) is 0 Å². The van der Waals surface area contributed by atoms with E-state index in [1.807, 2.05) is 27.7 Å². The highest BCUT2D eigenvalue weighted by Crippen LogP contribution is 2.26. The standard InChI is InChI=1S/C15H28N2O2/c1-7-8-10(2)9-17-11(3)13(18)16-12(14(17)19)15(4,5)6/h10-12H,7-9H2,1-6H3,(H,16,18). The zero-order valence-electron chi connectivity index (χ0n) is 13.1. The molecule has 0 aromatic heterocycles. The van der Waals surface area contributed by atoms with Crippen LogP contribution in [-0.4, -0.2) is 35.3 Å². The van der Waals surface area contributed by atoms with E-state index in [2.05, 4.69) is 19.2 Å². The van der Waals surface area contributed by atoms with Crippen LogP contribution in [0.4, 0.5) is 0 Å². The van der Waals surface area contributed by atoms with Crippen LogP contribution in [0.5, 0.6) is 0 Å². The first-order valence-electron chi connectivity index (χ1n) is 7.29. The van der Waals surface area contributed by atoms with Crippen molar-refractivity contribution in [1.82, 2.24) is 10.2 Å². The molecule has 1 fully saturated rings. The second kappa shape index (κ2) is 5.93. The van der Waals surface area contributed by atoms with Crippen LogP contribution in [0.2, 0.25) is 0 Å². The molecule has 1 rings (SSSR count). The number of carbonyl (C=O) groups excluding carboxylic acids is 2. The van der Waals surface area contributed by atoms with Crippen molar-refractivity contribution >= 4 is 11.8 Å². The Bertz CT molecular complexity index is 347. The highest BCUT2D eigenvalue weighted by Gasteiger charge is 2.43. The van der Waals surface area contributed by atoms with Crippen LogP contribution in [0.1, 0.15) is 54.4 Å². The first-order chi connectivity index (χ1) is 8.68. The zero-order chi connectivity index (χ0) is 14.8. The molecule has 1 heterocycles. The molecule has 19 heavy (non-hydrogen) atoms. The Hall–Kier alpha value is -1.06. The number of nitrogens with zero attached hydrogens (tertiary/aromatic N) is 1. The summed E-state index contributed by atoms with van der Waals surface area (Å²) in [6.07, 6.45) is 2.19. The lowest BCUT2D eigenvalue weighted by Crippen LogP contribution is -2.66. The fraction of sp³-hybridized carbons (Fsp3) is 0.867. The van der Waals surface area contributed by atoms with Crippen molar-refractivity contribution in [3.05, 3.63) is 0 Å². The van der Waals surface area contributed by atoms with Crippen molar-refractivity contribution in [2.24, 2.45) is 11.3 Å². The number of hydrogen-bond acceptors (Lipinski definition) is 2. The molecule has 0 aromatic rings. The molecule has 0 aliphatic carbocycles. The fourth-order valence-corrected chi connectivity index (χ4v) is 2.58. The van der Waals surface area contributed by atoms with Gasteiger partial charge in [0.15, 0.2) is 0 Å². The highest BCUT2D eigenvalue weighted by molar-refractivity contribution is 5.97. The van der Waals surface area contributed by atoms with Crippen molar-refractivity contribution in [2.45, 2.75) is 66.5 Å². The van der Waals surface area contributed by atoms with E-state index in [0.29, 0.717) is 12.5 Å². The summed E-state index contributed by atoms with van der Waals surface area (Å²) in [5.74, 6) is 0.452. The van der Waals surface area contributed by atoms with Crippen LogP contribution in [-0.2, 0) is 9.59 Å². The number of amides is 2. The van der Waals surface area contributed by atoms with Gasteiger partial charge in [0.1, 0.15) is 12.1 Å². The molecule has 0 spiro atoms. The molecule has 4 nitrogen and oxygen atoms in total. The summed E-state index contributed by atoms with van der Waals surface area (Å²) in [6, 6.07) is -0.768. The molecule has 110 valence electrons. The maximum atomic E-state index is 12.6. The lowest BCUT2D eigenvalue weighted by Gasteiger charge is -2.43. The Kier molecular flexibility index (Phi) is 4.99. The highest BCUT2D eigenvalue weighted by atomic mass is 16.2. The van der Waals surface area contributed by atoms with Crippen molar-refractivity contribution in [3.8, 4) is 0 Å². The number of carbonyl (C=O) groups is 2. The predicted molar refractivity (Wildman–Crippen MR) is 76.6 cm³/mol. The third kappa shape index (κ3) is 3.71. The lowest BCUT2D eigenvalue weighted by molar-refractivity contribution is -0.152. The summed E-state index contributed by atoms with van der Waals surface area (Å²) in [5.41, 5.74) is -0.251. The minimum Gasteiger partial charge on any atom is -0.342 e. The van der Waals surface area contributed by atoms with Gasteiger partial charge in [0.05, 0.1) is 0 Å². The average Bonchev–Trinajstić information content (AvgIpc) is 2.28. The van der Waals surface area contributed by atoms with Gasteiger partial charge in [-0.15, -0.1) is 0 Å². The molecule has 1 N–H and O–H groups in total. The molecule has 1 aliphatic heterocycles. The van der Waals surface area contributed by atoms with E-state index in [4.69, 9.17) is 0 Å². The van der Waals surface area contributed by atoms with Gasteiger partial charge in [-0.2, -0.15) is 0 Å². The van der Waals surface area contributed by atoms with E-state index in [9.17, 15) is 9.59 Å². The van der Waals surface area contributed by atoms with Crippen molar-refractivity contribution in [1.29, 1.82) is 0 Å². The zero-order valence-corrected chi connectivity index (χ0v) is 13.1. The smallest absolute Gasteiger partial charge is 0.246 e. The van der Waals surface area contributed by atoms with Crippen LogP contribution in [0, 0.1) is 11.3 Å². The number of rotatable bonds is 4. The Morgan fingerprint density at radius 3 is 2.37 bits per heavy atom. The molecule has 4 heteroatoms. The second-order valence-electron chi connectivity index (χ2n) is 6.87. The second-order valence-corrected chi connectivity index (χ2v) is 6.87. The quantitative estimate of drug-likeness (QED) is 0.849. The number of piperazine rings is 1. The molecule has 1 aliphatic rings. The SMILES string of the molecule is CCCC(C)CN1C(=O)C(C(C)(C)C)NC(=O)C1C. The molecule has 0 bridgehead atoms. The molecular formula is C15H28N2O2. The minimum absolute atomic E-state index is 0.0387. The molecule has 2 amide bonds. The minimum atomic E-state index is -0.412. The molecule has 0 radical (unpaired) electrons. The first kappa shape index (κ1) is 16.0. The van der Waals surface area contributed by atoms with Gasteiger partial charge < -0.3 is 10.2 Å². The van der Waals surface area contributed by atoms with Crippen LogP contribution >= 0.6 is 0 Å². The van der Waals surface area contributed by atoms with Crippen LogP contribution < -0.4 is 5.32 Å². The Balaban J connectivity index is 2.87. The first-order valence-corrected chi connectivity index (χ1v) is 7.29. The summed E-state index contributed by atoms with van der Waals surface area (Å²) < 4.78 is 0. The van der Waals surface area contributed by atoms with Crippen molar-refractivity contribution in [3.63, 3.8) is 0 Å². The van der Waals surface area contributed by atoms with E-state index in [0.717, 1.165) is 12.8 Å². The van der Waals surface area contributed by atoms with Crippen LogP contribution in [0.3, 0.4) is 0 Å². The van der Waals surface area contributed by atoms with Gasteiger partial charge in [0.25, 0.3) is 0 Å². The van der Waals surface area contributed by atoms with E-state index >= 15 is 0 Å². The van der Waals surface area contributed by atoms with Gasteiger partial charge >= 0.3 is 0 Å². The molecule has 0 aromatic carbocycles. The Morgan fingerprint density at radius 1 is 1.32 bits per heavy atom. The largest absolute Gasteiger partial charge is 0.342 e.